The summed E-state index contributed by atoms with van der Waals surface area (Å²) in [4.78, 5) is 18.7. The number of benzene rings is 3. The van der Waals surface area contributed by atoms with Crippen molar-refractivity contribution in [1.82, 2.24) is 24.4 Å². The average molecular weight is 574 g/mol. The van der Waals surface area contributed by atoms with Crippen LogP contribution in [0, 0.1) is 13.8 Å². The van der Waals surface area contributed by atoms with Crippen molar-refractivity contribution in [2.75, 3.05) is 6.61 Å². The third-order valence-corrected chi connectivity index (χ3v) is 8.15. The highest BCUT2D eigenvalue weighted by Crippen LogP contribution is 2.32. The van der Waals surface area contributed by atoms with Gasteiger partial charge in [-0.3, -0.25) is 4.79 Å². The first-order valence-electron chi connectivity index (χ1n) is 13.8. The van der Waals surface area contributed by atoms with Crippen LogP contribution >= 0.6 is 11.3 Å². The van der Waals surface area contributed by atoms with Crippen molar-refractivity contribution in [3.05, 3.63) is 111 Å². The van der Waals surface area contributed by atoms with Gasteiger partial charge in [0.25, 0.3) is 5.56 Å². The van der Waals surface area contributed by atoms with Gasteiger partial charge < -0.3 is 9.15 Å². The molecule has 9 heteroatoms. The van der Waals surface area contributed by atoms with E-state index in [1.807, 2.05) is 97.5 Å². The molecule has 7 aromatic rings. The summed E-state index contributed by atoms with van der Waals surface area (Å²) >= 11 is 1.29. The number of nitrogens with zero attached hydrogens (tertiary/aromatic N) is 5. The van der Waals surface area contributed by atoms with Crippen LogP contribution in [-0.2, 0) is 0 Å². The Bertz CT molecular complexity index is 2190. The van der Waals surface area contributed by atoms with Gasteiger partial charge in [0, 0.05) is 28.3 Å². The largest absolute Gasteiger partial charge is 0.493 e. The fraction of sp³-hybridized carbons (Fsp3) is 0.152. The number of furan rings is 1. The Morgan fingerprint density at radius 3 is 2.57 bits per heavy atom. The topological polar surface area (TPSA) is 87.4 Å². The lowest BCUT2D eigenvalue weighted by Crippen LogP contribution is -2.23. The predicted octanol–water partition coefficient (Wildman–Crippen LogP) is 6.37. The zero-order valence-electron chi connectivity index (χ0n) is 23.4. The molecule has 0 bridgehead atoms. The first-order chi connectivity index (χ1) is 20.5. The van der Waals surface area contributed by atoms with Gasteiger partial charge in [0.1, 0.15) is 17.0 Å². The van der Waals surface area contributed by atoms with Crippen molar-refractivity contribution in [3.63, 3.8) is 0 Å². The second-order valence-electron chi connectivity index (χ2n) is 10.1. The van der Waals surface area contributed by atoms with Crippen LogP contribution in [0.2, 0.25) is 0 Å². The molecule has 0 spiro atoms. The molecule has 0 unspecified atom stereocenters. The molecule has 208 valence electrons. The second kappa shape index (κ2) is 10.4. The van der Waals surface area contributed by atoms with E-state index in [0.717, 1.165) is 56.8 Å². The summed E-state index contributed by atoms with van der Waals surface area (Å²) in [6.07, 6.45) is 4.76. The number of fused-ring (bicyclic) bond motifs is 2. The Morgan fingerprint density at radius 1 is 1.00 bits per heavy atom. The Morgan fingerprint density at radius 2 is 1.81 bits per heavy atom. The molecule has 42 heavy (non-hydrogen) atoms. The van der Waals surface area contributed by atoms with Gasteiger partial charge in [0.15, 0.2) is 5.76 Å². The van der Waals surface area contributed by atoms with E-state index in [0.29, 0.717) is 27.7 Å². The number of thiazole rings is 1. The van der Waals surface area contributed by atoms with Gasteiger partial charge in [-0.25, -0.2) is 4.68 Å². The highest BCUT2D eigenvalue weighted by Gasteiger charge is 2.20. The number of para-hydroxylation sites is 2. The Hall–Kier alpha value is -5.02. The van der Waals surface area contributed by atoms with E-state index in [1.165, 1.54) is 15.9 Å². The Labute approximate surface area is 245 Å². The van der Waals surface area contributed by atoms with Crippen LogP contribution in [0.1, 0.15) is 30.0 Å². The summed E-state index contributed by atoms with van der Waals surface area (Å²) < 4.78 is 15.6. The molecule has 0 radical (unpaired) electrons. The zero-order chi connectivity index (χ0) is 28.8. The quantitative estimate of drug-likeness (QED) is 0.220. The number of aryl methyl sites for hydroxylation is 2. The first kappa shape index (κ1) is 25.9. The number of rotatable bonds is 7. The van der Waals surface area contributed by atoms with E-state index in [9.17, 15) is 4.79 Å². The van der Waals surface area contributed by atoms with Crippen LogP contribution in [0.25, 0.3) is 50.5 Å². The molecule has 0 saturated carbocycles. The molecule has 0 fully saturated rings. The lowest BCUT2D eigenvalue weighted by Gasteiger charge is -2.09. The minimum absolute atomic E-state index is 0.236. The summed E-state index contributed by atoms with van der Waals surface area (Å²) in [5, 5.41) is 10.5. The van der Waals surface area contributed by atoms with Crippen LogP contribution in [0.5, 0.6) is 5.75 Å². The molecule has 3 aromatic carbocycles. The van der Waals surface area contributed by atoms with Crippen molar-refractivity contribution < 1.29 is 9.15 Å². The van der Waals surface area contributed by atoms with Gasteiger partial charge >= 0.3 is 0 Å². The summed E-state index contributed by atoms with van der Waals surface area (Å²) in [6, 6.07) is 23.8. The average Bonchev–Trinajstić information content (AvgIpc) is 3.77. The Kier molecular flexibility index (Phi) is 6.43. The second-order valence-corrected chi connectivity index (χ2v) is 11.1. The first-order valence-corrected chi connectivity index (χ1v) is 14.6. The molecule has 7 rings (SSSR count). The number of hydrogen-bond donors (Lipinski definition) is 0. The molecule has 0 atom stereocenters. The SMILES string of the molecule is CCCOc1ccc(-c2nn(-c3ccccc3)cc2C=c2sc3nc(-c4oc5ccccc5c4C)nn3c2=O)cc1C. The van der Waals surface area contributed by atoms with Gasteiger partial charge in [-0.15, -0.1) is 5.10 Å². The van der Waals surface area contributed by atoms with Crippen molar-refractivity contribution in [1.29, 1.82) is 0 Å². The highest BCUT2D eigenvalue weighted by molar-refractivity contribution is 7.15. The van der Waals surface area contributed by atoms with Crippen LogP contribution in [-0.4, -0.2) is 31.0 Å². The summed E-state index contributed by atoms with van der Waals surface area (Å²) in [6.45, 7) is 6.76. The van der Waals surface area contributed by atoms with E-state index in [4.69, 9.17) is 14.3 Å². The fourth-order valence-electron chi connectivity index (χ4n) is 5.06. The molecule has 0 saturated heterocycles. The number of aromatic nitrogens is 5. The molecule has 0 N–H and O–H groups in total. The summed E-state index contributed by atoms with van der Waals surface area (Å²) in [7, 11) is 0. The fourth-order valence-corrected chi connectivity index (χ4v) is 5.96. The highest BCUT2D eigenvalue weighted by atomic mass is 32.1. The van der Waals surface area contributed by atoms with E-state index in [2.05, 4.69) is 23.1 Å². The standard InChI is InChI=1S/C33H27N5O3S/c1-4-16-40-26-15-14-22(17-20(26)2)29-23(19-37(35-29)24-10-6-5-7-11-24)18-28-32(39)38-33(42-28)34-31(36-38)30-21(3)25-12-8-9-13-27(25)41-30/h5-15,17-19H,4,16H2,1-3H3. The minimum atomic E-state index is -0.236. The zero-order valence-corrected chi connectivity index (χ0v) is 24.2. The van der Waals surface area contributed by atoms with Crippen LogP contribution in [0.4, 0.5) is 0 Å². The molecule has 4 aromatic heterocycles. The predicted molar refractivity (Wildman–Crippen MR) is 165 cm³/mol. The van der Waals surface area contributed by atoms with E-state index >= 15 is 0 Å². The van der Waals surface area contributed by atoms with Crippen LogP contribution in [0.3, 0.4) is 0 Å². The third kappa shape index (κ3) is 4.48. The molecule has 0 aliphatic rings. The molecule has 4 heterocycles. The molecule has 0 aliphatic carbocycles. The molecular weight excluding hydrogens is 546 g/mol. The maximum Gasteiger partial charge on any atom is 0.291 e. The van der Waals surface area contributed by atoms with Crippen molar-refractivity contribution in [2.45, 2.75) is 27.2 Å². The summed E-state index contributed by atoms with van der Waals surface area (Å²) in [5.74, 6) is 1.83. The molecule has 8 nitrogen and oxygen atoms in total. The summed E-state index contributed by atoms with van der Waals surface area (Å²) in [5.41, 5.74) is 5.94. The monoisotopic (exact) mass is 573 g/mol. The maximum atomic E-state index is 13.5. The minimum Gasteiger partial charge on any atom is -0.493 e. The third-order valence-electron chi connectivity index (χ3n) is 7.19. The van der Waals surface area contributed by atoms with E-state index in [-0.39, 0.29) is 5.56 Å². The van der Waals surface area contributed by atoms with Gasteiger partial charge in [-0.1, -0.05) is 54.7 Å². The van der Waals surface area contributed by atoms with Gasteiger partial charge in [-0.05, 0) is 68.3 Å². The van der Waals surface area contributed by atoms with E-state index in [1.54, 1.807) is 0 Å². The smallest absolute Gasteiger partial charge is 0.291 e. The van der Waals surface area contributed by atoms with Gasteiger partial charge in [0.05, 0.1) is 16.8 Å². The van der Waals surface area contributed by atoms with Crippen molar-refractivity contribution in [3.8, 4) is 34.3 Å². The van der Waals surface area contributed by atoms with Crippen molar-refractivity contribution >= 4 is 33.3 Å². The number of hydrogen-bond acceptors (Lipinski definition) is 7. The van der Waals surface area contributed by atoms with Crippen LogP contribution in [0.15, 0.2) is 88.2 Å². The molecular formula is C33H27N5O3S. The lowest BCUT2D eigenvalue weighted by atomic mass is 10.0. The Balaban J connectivity index is 1.33. The lowest BCUT2D eigenvalue weighted by molar-refractivity contribution is 0.315. The maximum absolute atomic E-state index is 13.5. The molecule has 0 amide bonds. The number of ether oxygens (including phenoxy) is 1. The van der Waals surface area contributed by atoms with E-state index < -0.39 is 0 Å². The van der Waals surface area contributed by atoms with Gasteiger partial charge in [-0.2, -0.15) is 14.6 Å². The van der Waals surface area contributed by atoms with Crippen molar-refractivity contribution in [2.24, 2.45) is 0 Å². The molecule has 0 aliphatic heterocycles. The normalized spacial score (nSPS) is 12.1. The van der Waals surface area contributed by atoms with Gasteiger partial charge in [0.2, 0.25) is 10.8 Å². The van der Waals surface area contributed by atoms with Crippen LogP contribution < -0.4 is 14.8 Å².